The van der Waals surface area contributed by atoms with E-state index >= 15 is 0 Å². The van der Waals surface area contributed by atoms with Gasteiger partial charge in [-0.15, -0.1) is 0 Å². The van der Waals surface area contributed by atoms with E-state index in [-0.39, 0.29) is 0 Å². The molecular formula is C11H21N3. The van der Waals surface area contributed by atoms with Crippen LogP contribution in [0, 0.1) is 5.92 Å². The number of nitrogens with zero attached hydrogens (tertiary/aromatic N) is 2. The summed E-state index contributed by atoms with van der Waals surface area (Å²) in [4.78, 5) is 0. The van der Waals surface area contributed by atoms with Gasteiger partial charge in [-0.05, 0) is 18.4 Å². The first kappa shape index (κ1) is 11.1. The summed E-state index contributed by atoms with van der Waals surface area (Å²) in [6.45, 7) is 5.49. The van der Waals surface area contributed by atoms with Crippen molar-refractivity contribution in [3.05, 3.63) is 12.3 Å². The highest BCUT2D eigenvalue weighted by Gasteiger charge is 2.07. The fourth-order valence-electron chi connectivity index (χ4n) is 1.66. The van der Waals surface area contributed by atoms with Crippen LogP contribution >= 0.6 is 0 Å². The van der Waals surface area contributed by atoms with Gasteiger partial charge in [0.05, 0.1) is 0 Å². The van der Waals surface area contributed by atoms with Gasteiger partial charge < -0.3 is 5.73 Å². The molecule has 0 amide bonds. The zero-order valence-electron chi connectivity index (χ0n) is 9.24. The predicted octanol–water partition coefficient (Wildman–Crippen LogP) is 2.68. The van der Waals surface area contributed by atoms with E-state index in [0.717, 1.165) is 12.5 Å². The molecule has 0 bridgehead atoms. The zero-order valence-corrected chi connectivity index (χ0v) is 9.24. The van der Waals surface area contributed by atoms with Crippen molar-refractivity contribution in [2.75, 3.05) is 5.73 Å². The molecule has 0 spiro atoms. The van der Waals surface area contributed by atoms with Crippen LogP contribution in [-0.4, -0.2) is 9.78 Å². The summed E-state index contributed by atoms with van der Waals surface area (Å²) in [5.74, 6) is 1.37. The SMILES string of the molecule is CCCCC(CC)Cn1ccc(N)n1. The van der Waals surface area contributed by atoms with E-state index in [1.54, 1.807) is 0 Å². The average molecular weight is 195 g/mol. The van der Waals surface area contributed by atoms with Gasteiger partial charge in [0.15, 0.2) is 0 Å². The van der Waals surface area contributed by atoms with Gasteiger partial charge in [0.25, 0.3) is 0 Å². The second-order valence-corrected chi connectivity index (χ2v) is 3.88. The van der Waals surface area contributed by atoms with Crippen molar-refractivity contribution in [2.45, 2.75) is 46.1 Å². The molecule has 14 heavy (non-hydrogen) atoms. The maximum absolute atomic E-state index is 5.56. The highest BCUT2D eigenvalue weighted by molar-refractivity contribution is 5.23. The molecule has 0 saturated heterocycles. The van der Waals surface area contributed by atoms with Crippen LogP contribution in [-0.2, 0) is 6.54 Å². The topological polar surface area (TPSA) is 43.8 Å². The van der Waals surface area contributed by atoms with E-state index < -0.39 is 0 Å². The number of hydrogen-bond acceptors (Lipinski definition) is 2. The third-order valence-electron chi connectivity index (χ3n) is 2.65. The molecule has 0 aromatic carbocycles. The Morgan fingerprint density at radius 1 is 1.50 bits per heavy atom. The standard InChI is InChI=1S/C11H21N3/c1-3-5-6-10(4-2)9-14-8-7-11(12)13-14/h7-8,10H,3-6,9H2,1-2H3,(H2,12,13). The van der Waals surface area contributed by atoms with Crippen molar-refractivity contribution in [1.82, 2.24) is 9.78 Å². The normalized spacial score (nSPS) is 13.0. The number of nitrogens with two attached hydrogens (primary N) is 1. The van der Waals surface area contributed by atoms with Gasteiger partial charge in [-0.25, -0.2) is 0 Å². The van der Waals surface area contributed by atoms with Crippen molar-refractivity contribution in [3.63, 3.8) is 0 Å². The fraction of sp³-hybridized carbons (Fsp3) is 0.727. The molecule has 3 nitrogen and oxygen atoms in total. The molecule has 1 aromatic heterocycles. The number of rotatable bonds is 6. The quantitative estimate of drug-likeness (QED) is 0.758. The second kappa shape index (κ2) is 5.68. The molecule has 0 aliphatic carbocycles. The van der Waals surface area contributed by atoms with Crippen molar-refractivity contribution < 1.29 is 0 Å². The fourth-order valence-corrected chi connectivity index (χ4v) is 1.66. The van der Waals surface area contributed by atoms with Crippen LogP contribution in [0.25, 0.3) is 0 Å². The molecule has 1 aromatic rings. The first-order chi connectivity index (χ1) is 6.76. The Labute approximate surface area is 86.3 Å². The molecule has 0 aliphatic rings. The van der Waals surface area contributed by atoms with Gasteiger partial charge >= 0.3 is 0 Å². The summed E-state index contributed by atoms with van der Waals surface area (Å²) in [5, 5.41) is 4.20. The summed E-state index contributed by atoms with van der Waals surface area (Å²) >= 11 is 0. The lowest BCUT2D eigenvalue weighted by Gasteiger charge is -2.13. The van der Waals surface area contributed by atoms with Crippen LogP contribution in [0.2, 0.25) is 0 Å². The Balaban J connectivity index is 2.40. The Morgan fingerprint density at radius 3 is 2.79 bits per heavy atom. The summed E-state index contributed by atoms with van der Waals surface area (Å²) in [6.07, 6.45) is 7.07. The maximum Gasteiger partial charge on any atom is 0.145 e. The number of hydrogen-bond donors (Lipinski definition) is 1. The van der Waals surface area contributed by atoms with Gasteiger partial charge in [-0.3, -0.25) is 4.68 Å². The van der Waals surface area contributed by atoms with Crippen LogP contribution in [0.1, 0.15) is 39.5 Å². The van der Waals surface area contributed by atoms with Crippen LogP contribution in [0.5, 0.6) is 0 Å². The highest BCUT2D eigenvalue weighted by atomic mass is 15.3. The third kappa shape index (κ3) is 3.40. The van der Waals surface area contributed by atoms with Gasteiger partial charge in [0.2, 0.25) is 0 Å². The van der Waals surface area contributed by atoms with Gasteiger partial charge in [-0.2, -0.15) is 5.10 Å². The van der Waals surface area contributed by atoms with Crippen LogP contribution in [0.3, 0.4) is 0 Å². The van der Waals surface area contributed by atoms with E-state index in [2.05, 4.69) is 18.9 Å². The summed E-state index contributed by atoms with van der Waals surface area (Å²) in [5.41, 5.74) is 5.56. The van der Waals surface area contributed by atoms with E-state index in [1.807, 2.05) is 16.9 Å². The molecule has 0 fully saturated rings. The number of nitrogen functional groups attached to an aromatic ring is 1. The molecule has 3 heteroatoms. The predicted molar refractivity (Wildman–Crippen MR) is 59.9 cm³/mol. The molecule has 0 saturated carbocycles. The molecule has 2 N–H and O–H groups in total. The minimum Gasteiger partial charge on any atom is -0.382 e. The molecule has 1 rings (SSSR count). The Hall–Kier alpha value is -0.990. The zero-order chi connectivity index (χ0) is 10.4. The summed E-state index contributed by atoms with van der Waals surface area (Å²) in [7, 11) is 0. The van der Waals surface area contributed by atoms with E-state index in [1.165, 1.54) is 25.7 Å². The first-order valence-electron chi connectivity index (χ1n) is 5.55. The highest BCUT2D eigenvalue weighted by Crippen LogP contribution is 2.14. The van der Waals surface area contributed by atoms with Crippen LogP contribution < -0.4 is 5.73 Å². The molecule has 1 atom stereocenters. The monoisotopic (exact) mass is 195 g/mol. The number of aromatic nitrogens is 2. The largest absolute Gasteiger partial charge is 0.382 e. The van der Waals surface area contributed by atoms with E-state index in [4.69, 9.17) is 5.73 Å². The Morgan fingerprint density at radius 2 is 2.29 bits per heavy atom. The third-order valence-corrected chi connectivity index (χ3v) is 2.65. The number of anilines is 1. The van der Waals surface area contributed by atoms with Crippen molar-refractivity contribution >= 4 is 5.82 Å². The average Bonchev–Trinajstić information content (AvgIpc) is 2.58. The van der Waals surface area contributed by atoms with Gasteiger partial charge in [0, 0.05) is 12.7 Å². The minimum absolute atomic E-state index is 0.621. The summed E-state index contributed by atoms with van der Waals surface area (Å²) < 4.78 is 1.96. The lowest BCUT2D eigenvalue weighted by molar-refractivity contribution is 0.373. The minimum atomic E-state index is 0.621. The first-order valence-corrected chi connectivity index (χ1v) is 5.55. The molecule has 0 radical (unpaired) electrons. The summed E-state index contributed by atoms with van der Waals surface area (Å²) in [6, 6.07) is 1.85. The van der Waals surface area contributed by atoms with E-state index in [9.17, 15) is 0 Å². The molecule has 80 valence electrons. The van der Waals surface area contributed by atoms with Gasteiger partial charge in [-0.1, -0.05) is 33.1 Å². The van der Waals surface area contributed by atoms with Gasteiger partial charge in [0.1, 0.15) is 5.82 Å². The van der Waals surface area contributed by atoms with E-state index in [0.29, 0.717) is 5.82 Å². The smallest absolute Gasteiger partial charge is 0.145 e. The molecule has 1 unspecified atom stereocenters. The van der Waals surface area contributed by atoms with Crippen LogP contribution in [0.4, 0.5) is 5.82 Å². The lowest BCUT2D eigenvalue weighted by atomic mass is 10.00. The lowest BCUT2D eigenvalue weighted by Crippen LogP contribution is -2.10. The van der Waals surface area contributed by atoms with Crippen molar-refractivity contribution in [2.24, 2.45) is 5.92 Å². The van der Waals surface area contributed by atoms with Crippen molar-refractivity contribution in [1.29, 1.82) is 0 Å². The van der Waals surface area contributed by atoms with Crippen molar-refractivity contribution in [3.8, 4) is 0 Å². The Bertz CT molecular complexity index is 255. The number of unbranched alkanes of at least 4 members (excludes halogenated alkanes) is 1. The second-order valence-electron chi connectivity index (χ2n) is 3.88. The maximum atomic E-state index is 5.56. The molecular weight excluding hydrogens is 174 g/mol. The van der Waals surface area contributed by atoms with Crippen LogP contribution in [0.15, 0.2) is 12.3 Å². The Kier molecular flexibility index (Phi) is 4.50. The molecule has 1 heterocycles. The molecule has 0 aliphatic heterocycles.